The number of anilines is 1. The van der Waals surface area contributed by atoms with Crippen molar-refractivity contribution >= 4 is 23.4 Å². The Balaban J connectivity index is 1.46. The lowest BCUT2D eigenvalue weighted by atomic mass is 10.0. The normalized spacial score (nSPS) is 11.7. The maximum Gasteiger partial charge on any atom is 0.237 e. The SMILES string of the molecule is CCOc1ccc(-c2nnc(S[C@@H](C)C(=O)Nc3ccccc3-c3ccccc3)n2N)cc1. The number of ether oxygens (including phenoxy) is 1. The first-order valence-electron chi connectivity index (χ1n) is 10.6. The van der Waals surface area contributed by atoms with E-state index in [1.54, 1.807) is 0 Å². The number of thioether (sulfide) groups is 1. The van der Waals surface area contributed by atoms with Gasteiger partial charge in [-0.25, -0.2) is 4.68 Å². The molecule has 0 radical (unpaired) electrons. The van der Waals surface area contributed by atoms with Crippen LogP contribution in [0.25, 0.3) is 22.5 Å². The summed E-state index contributed by atoms with van der Waals surface area (Å²) in [6, 6.07) is 25.2. The molecule has 0 aliphatic heterocycles. The summed E-state index contributed by atoms with van der Waals surface area (Å²) in [5, 5.41) is 11.4. The van der Waals surface area contributed by atoms with E-state index >= 15 is 0 Å². The number of carbonyl (C=O) groups excluding carboxylic acids is 1. The zero-order valence-corrected chi connectivity index (χ0v) is 19.3. The summed E-state index contributed by atoms with van der Waals surface area (Å²) in [6.07, 6.45) is 0. The average Bonchev–Trinajstić information content (AvgIpc) is 3.20. The van der Waals surface area contributed by atoms with Crippen LogP contribution in [0.1, 0.15) is 13.8 Å². The van der Waals surface area contributed by atoms with E-state index in [0.29, 0.717) is 17.6 Å². The van der Waals surface area contributed by atoms with Crippen LogP contribution >= 0.6 is 11.8 Å². The lowest BCUT2D eigenvalue weighted by Gasteiger charge is -2.14. The molecule has 3 N–H and O–H groups in total. The summed E-state index contributed by atoms with van der Waals surface area (Å²) in [7, 11) is 0. The second kappa shape index (κ2) is 10.2. The van der Waals surface area contributed by atoms with Crippen molar-refractivity contribution in [2.45, 2.75) is 24.3 Å². The monoisotopic (exact) mass is 459 g/mol. The van der Waals surface area contributed by atoms with Crippen LogP contribution in [0.4, 0.5) is 5.69 Å². The molecule has 0 saturated heterocycles. The van der Waals surface area contributed by atoms with Gasteiger partial charge in [0.2, 0.25) is 11.1 Å². The van der Waals surface area contributed by atoms with E-state index in [9.17, 15) is 4.79 Å². The molecular weight excluding hydrogens is 434 g/mol. The Labute approximate surface area is 197 Å². The highest BCUT2D eigenvalue weighted by molar-refractivity contribution is 8.00. The standard InChI is InChI=1S/C25H25N5O2S/c1-3-32-20-15-13-19(14-16-20)23-28-29-25(30(23)26)33-17(2)24(31)27-22-12-8-7-11-21(22)18-9-5-4-6-10-18/h4-17H,3,26H2,1-2H3,(H,27,31)/t17-/m0/s1. The Morgan fingerprint density at radius 1 is 1.00 bits per heavy atom. The average molecular weight is 460 g/mol. The maximum atomic E-state index is 12.9. The number of aromatic nitrogens is 3. The maximum absolute atomic E-state index is 12.9. The molecule has 1 amide bonds. The molecule has 0 aliphatic rings. The minimum Gasteiger partial charge on any atom is -0.494 e. The molecule has 0 fully saturated rings. The van der Waals surface area contributed by atoms with Gasteiger partial charge in [-0.2, -0.15) is 0 Å². The van der Waals surface area contributed by atoms with Crippen molar-refractivity contribution in [1.82, 2.24) is 14.9 Å². The van der Waals surface area contributed by atoms with E-state index < -0.39 is 5.25 Å². The Hall–Kier alpha value is -3.78. The summed E-state index contributed by atoms with van der Waals surface area (Å²) in [5.41, 5.74) is 3.57. The Morgan fingerprint density at radius 2 is 1.70 bits per heavy atom. The molecule has 0 unspecified atom stereocenters. The van der Waals surface area contributed by atoms with Crippen LogP contribution in [0.3, 0.4) is 0 Å². The van der Waals surface area contributed by atoms with Gasteiger partial charge in [-0.3, -0.25) is 4.79 Å². The van der Waals surface area contributed by atoms with Crippen molar-refractivity contribution in [1.29, 1.82) is 0 Å². The second-order valence-electron chi connectivity index (χ2n) is 7.29. The van der Waals surface area contributed by atoms with Gasteiger partial charge in [-0.05, 0) is 49.7 Å². The molecule has 4 aromatic rings. The number of rotatable bonds is 8. The Morgan fingerprint density at radius 3 is 2.42 bits per heavy atom. The van der Waals surface area contributed by atoms with E-state index in [2.05, 4.69) is 15.5 Å². The van der Waals surface area contributed by atoms with Crippen LogP contribution in [-0.2, 0) is 4.79 Å². The second-order valence-corrected chi connectivity index (χ2v) is 8.60. The Bertz CT molecular complexity index is 1230. The van der Waals surface area contributed by atoms with Crippen molar-refractivity contribution in [2.24, 2.45) is 0 Å². The summed E-state index contributed by atoms with van der Waals surface area (Å²) in [4.78, 5) is 12.9. The van der Waals surface area contributed by atoms with E-state index in [1.165, 1.54) is 16.4 Å². The summed E-state index contributed by atoms with van der Waals surface area (Å²) in [6.45, 7) is 4.35. The van der Waals surface area contributed by atoms with E-state index in [4.69, 9.17) is 10.6 Å². The van der Waals surface area contributed by atoms with Crippen molar-refractivity contribution in [3.8, 4) is 28.3 Å². The van der Waals surface area contributed by atoms with E-state index in [0.717, 1.165) is 28.1 Å². The molecule has 168 valence electrons. The van der Waals surface area contributed by atoms with Crippen molar-refractivity contribution in [2.75, 3.05) is 17.8 Å². The third-order valence-electron chi connectivity index (χ3n) is 5.01. The molecule has 1 atom stereocenters. The summed E-state index contributed by atoms with van der Waals surface area (Å²) >= 11 is 1.25. The fraction of sp³-hybridized carbons (Fsp3) is 0.160. The van der Waals surface area contributed by atoms with Gasteiger partial charge >= 0.3 is 0 Å². The van der Waals surface area contributed by atoms with Crippen molar-refractivity contribution in [3.63, 3.8) is 0 Å². The minimum absolute atomic E-state index is 0.144. The van der Waals surface area contributed by atoms with Gasteiger partial charge in [0.1, 0.15) is 5.75 Å². The molecule has 0 aliphatic carbocycles. The summed E-state index contributed by atoms with van der Waals surface area (Å²) in [5.74, 6) is 7.39. The number of carbonyl (C=O) groups is 1. The molecule has 8 heteroatoms. The lowest BCUT2D eigenvalue weighted by molar-refractivity contribution is -0.115. The van der Waals surface area contributed by atoms with Gasteiger partial charge in [0.25, 0.3) is 0 Å². The first-order valence-corrected chi connectivity index (χ1v) is 11.5. The van der Waals surface area contributed by atoms with Gasteiger partial charge < -0.3 is 15.9 Å². The molecule has 0 spiro atoms. The Kier molecular flexibility index (Phi) is 6.95. The van der Waals surface area contributed by atoms with Gasteiger partial charge in [-0.1, -0.05) is 60.3 Å². The number of benzene rings is 3. The molecule has 4 rings (SSSR count). The van der Waals surface area contributed by atoms with Crippen LogP contribution in [0.2, 0.25) is 0 Å². The number of nitrogen functional groups attached to an aromatic ring is 1. The highest BCUT2D eigenvalue weighted by Crippen LogP contribution is 2.30. The van der Waals surface area contributed by atoms with Gasteiger partial charge in [-0.15, -0.1) is 10.2 Å². The van der Waals surface area contributed by atoms with Crippen LogP contribution in [-0.4, -0.2) is 32.6 Å². The fourth-order valence-corrected chi connectivity index (χ4v) is 4.10. The van der Waals surface area contributed by atoms with Crippen molar-refractivity contribution < 1.29 is 9.53 Å². The van der Waals surface area contributed by atoms with Crippen LogP contribution in [0, 0.1) is 0 Å². The molecule has 1 aromatic heterocycles. The molecule has 0 bridgehead atoms. The number of nitrogens with one attached hydrogen (secondary N) is 1. The largest absolute Gasteiger partial charge is 0.494 e. The predicted molar refractivity (Wildman–Crippen MR) is 133 cm³/mol. The quantitative estimate of drug-likeness (QED) is 0.289. The zero-order valence-electron chi connectivity index (χ0n) is 18.4. The van der Waals surface area contributed by atoms with Crippen LogP contribution < -0.4 is 15.9 Å². The van der Waals surface area contributed by atoms with E-state index in [-0.39, 0.29) is 5.91 Å². The third-order valence-corrected chi connectivity index (χ3v) is 6.07. The highest BCUT2D eigenvalue weighted by Gasteiger charge is 2.21. The number of hydrogen-bond acceptors (Lipinski definition) is 6. The summed E-state index contributed by atoms with van der Waals surface area (Å²) < 4.78 is 6.88. The third kappa shape index (κ3) is 5.18. The molecule has 3 aromatic carbocycles. The van der Waals surface area contributed by atoms with E-state index in [1.807, 2.05) is 92.7 Å². The highest BCUT2D eigenvalue weighted by atomic mass is 32.2. The lowest BCUT2D eigenvalue weighted by Crippen LogP contribution is -2.24. The molecule has 33 heavy (non-hydrogen) atoms. The first-order chi connectivity index (χ1) is 16.1. The number of hydrogen-bond donors (Lipinski definition) is 2. The smallest absolute Gasteiger partial charge is 0.237 e. The number of nitrogens with zero attached hydrogens (tertiary/aromatic N) is 3. The zero-order chi connectivity index (χ0) is 23.2. The topological polar surface area (TPSA) is 95.1 Å². The van der Waals surface area contributed by atoms with Gasteiger partial charge in [0.05, 0.1) is 11.9 Å². The fourth-order valence-electron chi connectivity index (χ4n) is 3.33. The van der Waals surface area contributed by atoms with Crippen LogP contribution in [0.5, 0.6) is 5.75 Å². The number of amides is 1. The molecule has 0 saturated carbocycles. The number of para-hydroxylation sites is 1. The predicted octanol–water partition coefficient (Wildman–Crippen LogP) is 4.84. The molecular formula is C25H25N5O2S. The molecule has 1 heterocycles. The van der Waals surface area contributed by atoms with Crippen LogP contribution in [0.15, 0.2) is 84.0 Å². The van der Waals surface area contributed by atoms with Crippen molar-refractivity contribution in [3.05, 3.63) is 78.9 Å². The first kappa shape index (κ1) is 22.4. The van der Waals surface area contributed by atoms with Gasteiger partial charge in [0, 0.05) is 16.8 Å². The minimum atomic E-state index is -0.437. The number of nitrogens with two attached hydrogens (primary N) is 1. The van der Waals surface area contributed by atoms with Gasteiger partial charge in [0.15, 0.2) is 5.82 Å². The molecule has 7 nitrogen and oxygen atoms in total.